The average Bonchev–Trinajstić information content (AvgIpc) is 3.22. The lowest BCUT2D eigenvalue weighted by Gasteiger charge is -2.32. The molecule has 2 heterocycles. The smallest absolute Gasteiger partial charge is 0.414 e. The molecule has 0 spiro atoms. The predicted molar refractivity (Wildman–Crippen MR) is 141 cm³/mol. The van der Waals surface area contributed by atoms with Gasteiger partial charge in [-0.2, -0.15) is 0 Å². The molecule has 2 N–H and O–H groups in total. The molecule has 1 aliphatic heterocycles. The van der Waals surface area contributed by atoms with Crippen molar-refractivity contribution in [3.63, 3.8) is 0 Å². The van der Waals surface area contributed by atoms with Crippen LogP contribution in [0.15, 0.2) is 53.1 Å². The number of halogens is 2. The van der Waals surface area contributed by atoms with E-state index in [1.54, 1.807) is 6.92 Å². The Morgan fingerprint density at radius 2 is 1.67 bits per heavy atom. The van der Waals surface area contributed by atoms with Gasteiger partial charge in [0, 0.05) is 46.3 Å². The Balaban J connectivity index is 0.000000538. The number of likely N-dealkylation sites (tertiary alicyclic amines) is 1. The molecule has 3 aromatic rings. The summed E-state index contributed by atoms with van der Waals surface area (Å²) in [5.74, 6) is -2.64. The molecule has 36 heavy (non-hydrogen) atoms. The fourth-order valence-electron chi connectivity index (χ4n) is 4.19. The summed E-state index contributed by atoms with van der Waals surface area (Å²) >= 11 is 9.59. The maximum Gasteiger partial charge on any atom is 0.414 e. The van der Waals surface area contributed by atoms with Crippen LogP contribution in [0, 0.1) is 0 Å². The molecule has 8 nitrogen and oxygen atoms in total. The summed E-state index contributed by atoms with van der Waals surface area (Å²) in [5.41, 5.74) is 1.91. The number of hydrogen-bond donors (Lipinski definition) is 2. The Kier molecular flexibility index (Phi) is 9.92. The topological polar surface area (TPSA) is 109 Å². The van der Waals surface area contributed by atoms with Crippen molar-refractivity contribution in [1.82, 2.24) is 9.47 Å². The van der Waals surface area contributed by atoms with E-state index in [2.05, 4.69) is 25.4 Å². The van der Waals surface area contributed by atoms with E-state index in [4.69, 9.17) is 36.1 Å². The number of nitrogens with zero attached hydrogens (tertiary/aromatic N) is 2. The molecule has 0 unspecified atom stereocenters. The number of aliphatic carboxylic acids is 2. The van der Waals surface area contributed by atoms with E-state index in [1.165, 1.54) is 0 Å². The number of rotatable bonds is 7. The van der Waals surface area contributed by atoms with Crippen LogP contribution in [0.5, 0.6) is 5.75 Å². The predicted octanol–water partition coefficient (Wildman–Crippen LogP) is 5.35. The first-order chi connectivity index (χ1) is 17.2. The highest BCUT2D eigenvalue weighted by Crippen LogP contribution is 2.29. The molecular weight excluding hydrogens is 552 g/mol. The summed E-state index contributed by atoms with van der Waals surface area (Å²) in [4.78, 5) is 32.7. The molecule has 1 fully saturated rings. The molecule has 10 heteroatoms. The first kappa shape index (κ1) is 27.7. The lowest BCUT2D eigenvalue weighted by atomic mass is 10.1. The number of benzene rings is 2. The number of aromatic nitrogens is 1. The fourth-order valence-corrected chi connectivity index (χ4v) is 4.91. The van der Waals surface area contributed by atoms with Gasteiger partial charge in [-0.25, -0.2) is 9.59 Å². The van der Waals surface area contributed by atoms with Gasteiger partial charge in [0.05, 0.1) is 5.52 Å². The maximum absolute atomic E-state index is 12.0. The minimum Gasteiger partial charge on any atom is -0.490 e. The van der Waals surface area contributed by atoms with Crippen LogP contribution < -0.4 is 4.74 Å². The third-order valence-electron chi connectivity index (χ3n) is 5.94. The maximum atomic E-state index is 12.0. The Morgan fingerprint density at radius 1 is 1.03 bits per heavy atom. The van der Waals surface area contributed by atoms with Gasteiger partial charge in [-0.05, 0) is 79.0 Å². The normalized spacial score (nSPS) is 14.2. The molecule has 0 saturated carbocycles. The number of carbonyl (C=O) groups is 3. The molecule has 0 bridgehead atoms. The summed E-state index contributed by atoms with van der Waals surface area (Å²) in [6.07, 6.45) is 5.39. The van der Waals surface area contributed by atoms with Gasteiger partial charge >= 0.3 is 11.9 Å². The summed E-state index contributed by atoms with van der Waals surface area (Å²) in [6.45, 7) is 5.68. The van der Waals surface area contributed by atoms with Crippen molar-refractivity contribution in [2.24, 2.45) is 0 Å². The van der Waals surface area contributed by atoms with Crippen molar-refractivity contribution >= 4 is 56.2 Å². The van der Waals surface area contributed by atoms with Gasteiger partial charge in [0.15, 0.2) is 5.78 Å². The average molecular weight is 580 g/mol. The minimum absolute atomic E-state index is 0.111. The first-order valence-electron chi connectivity index (χ1n) is 11.5. The van der Waals surface area contributed by atoms with Gasteiger partial charge in [-0.15, -0.1) is 0 Å². The van der Waals surface area contributed by atoms with Crippen molar-refractivity contribution in [2.75, 3.05) is 19.6 Å². The number of hydrogen-bond acceptors (Lipinski definition) is 5. The highest BCUT2D eigenvalue weighted by atomic mass is 79.9. The number of para-hydroxylation sites is 1. The van der Waals surface area contributed by atoms with E-state index >= 15 is 0 Å². The number of fused-ring (bicyclic) bond motifs is 1. The SMILES string of the molecule is CC(=O)c1cn(CCCN2CCC(Oc3ccc(Cl)cc3)CC2)c2c(Br)cccc12.O=C(O)C(=O)O. The van der Waals surface area contributed by atoms with Gasteiger partial charge in [0.25, 0.3) is 0 Å². The highest BCUT2D eigenvalue weighted by molar-refractivity contribution is 9.10. The van der Waals surface area contributed by atoms with E-state index in [9.17, 15) is 4.79 Å². The van der Waals surface area contributed by atoms with Crippen LogP contribution in [0.3, 0.4) is 0 Å². The number of aryl methyl sites for hydroxylation is 1. The summed E-state index contributed by atoms with van der Waals surface area (Å²) in [6, 6.07) is 13.7. The lowest BCUT2D eigenvalue weighted by molar-refractivity contribution is -0.159. The molecule has 0 atom stereocenters. The Hall–Kier alpha value is -2.88. The van der Waals surface area contributed by atoms with Crippen LogP contribution in [0.2, 0.25) is 5.02 Å². The molecule has 0 amide bonds. The number of carbonyl (C=O) groups excluding carboxylic acids is 1. The molecule has 0 radical (unpaired) electrons. The summed E-state index contributed by atoms with van der Waals surface area (Å²) in [5, 5.41) is 16.5. The molecule has 1 aromatic heterocycles. The fraction of sp³-hybridized carbons (Fsp3) is 0.346. The number of ether oxygens (including phenoxy) is 1. The van der Waals surface area contributed by atoms with Crippen molar-refractivity contribution in [3.8, 4) is 5.75 Å². The molecular formula is C26H28BrClN2O6. The van der Waals surface area contributed by atoms with Crippen LogP contribution in [0.1, 0.15) is 36.5 Å². The molecule has 2 aromatic carbocycles. The summed E-state index contributed by atoms with van der Waals surface area (Å²) < 4.78 is 9.34. The van der Waals surface area contributed by atoms with Crippen molar-refractivity contribution in [3.05, 3.63) is 63.7 Å². The Morgan fingerprint density at radius 3 is 2.25 bits per heavy atom. The molecule has 192 valence electrons. The standard InChI is InChI=1S/C24H26BrClN2O2.C2H2O4/c1-17(29)22-16-28(24-21(22)4-2-5-23(24)25)13-3-12-27-14-10-20(11-15-27)30-19-8-6-18(26)7-9-19;3-1(4)2(5)6/h2,4-9,16,20H,3,10-15H2,1H3;(H,3,4)(H,5,6). The number of carboxylic acids is 2. The summed E-state index contributed by atoms with van der Waals surface area (Å²) in [7, 11) is 0. The number of Topliss-reactive ketones (excluding diaryl/α,β-unsaturated/α-hetero) is 1. The second kappa shape index (κ2) is 12.9. The number of carboxylic acid groups (broad SMARTS) is 2. The third-order valence-corrected chi connectivity index (χ3v) is 6.83. The van der Waals surface area contributed by atoms with Gasteiger partial charge in [-0.3, -0.25) is 4.79 Å². The van der Waals surface area contributed by atoms with E-state index in [-0.39, 0.29) is 11.9 Å². The van der Waals surface area contributed by atoms with Crippen molar-refractivity contribution < 1.29 is 29.3 Å². The van der Waals surface area contributed by atoms with Crippen LogP contribution >= 0.6 is 27.5 Å². The van der Waals surface area contributed by atoms with Crippen LogP contribution in [0.4, 0.5) is 0 Å². The largest absolute Gasteiger partial charge is 0.490 e. The molecule has 0 aliphatic carbocycles. The first-order valence-corrected chi connectivity index (χ1v) is 12.7. The molecule has 4 rings (SSSR count). The Labute approximate surface area is 222 Å². The van der Waals surface area contributed by atoms with Crippen LogP contribution in [-0.2, 0) is 16.1 Å². The Bertz CT molecular complexity index is 1210. The van der Waals surface area contributed by atoms with Crippen LogP contribution in [0.25, 0.3) is 10.9 Å². The van der Waals surface area contributed by atoms with E-state index in [0.29, 0.717) is 0 Å². The van der Waals surface area contributed by atoms with Crippen molar-refractivity contribution in [2.45, 2.75) is 38.8 Å². The van der Waals surface area contributed by atoms with Gasteiger partial charge in [0.2, 0.25) is 0 Å². The monoisotopic (exact) mass is 578 g/mol. The quantitative estimate of drug-likeness (QED) is 0.287. The van der Waals surface area contributed by atoms with Gasteiger partial charge in [0.1, 0.15) is 11.9 Å². The van der Waals surface area contributed by atoms with Crippen molar-refractivity contribution in [1.29, 1.82) is 0 Å². The molecule has 1 aliphatic rings. The lowest BCUT2D eigenvalue weighted by Crippen LogP contribution is -2.38. The molecule has 1 saturated heterocycles. The zero-order valence-corrected chi connectivity index (χ0v) is 22.2. The van der Waals surface area contributed by atoms with Gasteiger partial charge in [-0.1, -0.05) is 23.7 Å². The zero-order chi connectivity index (χ0) is 26.2. The van der Waals surface area contributed by atoms with E-state index in [0.717, 1.165) is 77.2 Å². The van der Waals surface area contributed by atoms with Crippen LogP contribution in [-0.4, -0.2) is 63.1 Å². The van der Waals surface area contributed by atoms with E-state index < -0.39 is 11.9 Å². The number of piperidine rings is 1. The zero-order valence-electron chi connectivity index (χ0n) is 19.8. The van der Waals surface area contributed by atoms with E-state index in [1.807, 2.05) is 48.7 Å². The van der Waals surface area contributed by atoms with Gasteiger partial charge < -0.3 is 24.4 Å². The second-order valence-electron chi connectivity index (χ2n) is 8.50. The third kappa shape index (κ3) is 7.56. The minimum atomic E-state index is -1.82. The highest BCUT2D eigenvalue weighted by Gasteiger charge is 2.20. The number of ketones is 1. The second-order valence-corrected chi connectivity index (χ2v) is 9.80.